The predicted octanol–water partition coefficient (Wildman–Crippen LogP) is 4.00. The van der Waals surface area contributed by atoms with Gasteiger partial charge in [-0.25, -0.2) is 4.79 Å². The highest BCUT2D eigenvalue weighted by Gasteiger charge is 2.32. The molecule has 5 heteroatoms. The van der Waals surface area contributed by atoms with Gasteiger partial charge in [-0.15, -0.1) is 11.8 Å². The largest absolute Gasteiger partial charge is 0.452 e. The molecule has 0 bridgehead atoms. The molecule has 1 saturated heterocycles. The van der Waals surface area contributed by atoms with Gasteiger partial charge in [-0.3, -0.25) is 4.79 Å². The first kappa shape index (κ1) is 19.0. The maximum atomic E-state index is 12.3. The molecule has 1 saturated carbocycles. The number of thioether (sulfide) groups is 1. The average Bonchev–Trinajstić information content (AvgIpc) is 2.70. The van der Waals surface area contributed by atoms with Crippen molar-refractivity contribution in [3.05, 3.63) is 35.9 Å². The molecule has 2 aliphatic rings. The zero-order chi connectivity index (χ0) is 18.4. The Hall–Kier alpha value is -1.75. The predicted molar refractivity (Wildman–Crippen MR) is 105 cm³/mol. The number of rotatable bonds is 5. The van der Waals surface area contributed by atoms with Crippen molar-refractivity contribution in [2.45, 2.75) is 37.0 Å². The molecule has 4 nitrogen and oxygen atoms in total. The van der Waals surface area contributed by atoms with Crippen molar-refractivity contribution < 1.29 is 14.3 Å². The number of hydrogen-bond donors (Lipinski definition) is 0. The van der Waals surface area contributed by atoms with Gasteiger partial charge in [0.2, 0.25) is 0 Å². The van der Waals surface area contributed by atoms with E-state index < -0.39 is 5.97 Å². The van der Waals surface area contributed by atoms with Crippen LogP contribution < -0.4 is 0 Å². The van der Waals surface area contributed by atoms with E-state index in [1.54, 1.807) is 17.8 Å². The second kappa shape index (κ2) is 9.26. The standard InChI is InChI=1S/C21H27NO3S/c1-26-19-9-6-16(7-10-19)8-11-21(24)25-15-20(23)22-13-12-17-4-2-3-5-18(17)14-22/h6-11,17-18H,2-5,12-15H2,1H3/b11-8+/t17-,18+/m1/s1. The van der Waals surface area contributed by atoms with Gasteiger partial charge in [0.05, 0.1) is 0 Å². The first-order valence-electron chi connectivity index (χ1n) is 9.42. The molecule has 1 amide bonds. The van der Waals surface area contributed by atoms with E-state index in [0.29, 0.717) is 5.92 Å². The van der Waals surface area contributed by atoms with E-state index in [9.17, 15) is 9.59 Å². The molecule has 3 rings (SSSR count). The van der Waals surface area contributed by atoms with E-state index in [1.165, 1.54) is 36.7 Å². The molecule has 0 spiro atoms. The molecule has 26 heavy (non-hydrogen) atoms. The Morgan fingerprint density at radius 1 is 1.15 bits per heavy atom. The average molecular weight is 374 g/mol. The number of hydrogen-bond acceptors (Lipinski definition) is 4. The Bertz CT molecular complexity index is 656. The number of ether oxygens (including phenoxy) is 1. The van der Waals surface area contributed by atoms with E-state index in [2.05, 4.69) is 0 Å². The lowest BCUT2D eigenvalue weighted by atomic mass is 9.75. The number of carbonyl (C=O) groups excluding carboxylic acids is 2. The van der Waals surface area contributed by atoms with Crippen LogP contribution in [0.1, 0.15) is 37.7 Å². The molecule has 1 aliphatic carbocycles. The molecule has 0 N–H and O–H groups in total. The third-order valence-corrected chi connectivity index (χ3v) is 6.25. The quantitative estimate of drug-likeness (QED) is 0.445. The van der Waals surface area contributed by atoms with Gasteiger partial charge in [-0.1, -0.05) is 31.4 Å². The molecule has 1 aliphatic heterocycles. The number of likely N-dealkylation sites (tertiary alicyclic amines) is 1. The molecule has 0 radical (unpaired) electrons. The van der Waals surface area contributed by atoms with Crippen LogP contribution in [0, 0.1) is 11.8 Å². The molecule has 1 aromatic carbocycles. The second-order valence-corrected chi connectivity index (χ2v) is 8.03. The van der Waals surface area contributed by atoms with Crippen molar-refractivity contribution in [2.75, 3.05) is 26.0 Å². The highest BCUT2D eigenvalue weighted by Crippen LogP contribution is 2.36. The SMILES string of the molecule is CSc1ccc(/C=C/C(=O)OCC(=O)N2CC[C@H]3CCCC[C@H]3C2)cc1. The van der Waals surface area contributed by atoms with E-state index >= 15 is 0 Å². The number of benzene rings is 1. The molecule has 2 atom stereocenters. The van der Waals surface area contributed by atoms with Crippen LogP contribution in [0.15, 0.2) is 35.2 Å². The van der Waals surface area contributed by atoms with E-state index in [0.717, 1.165) is 31.0 Å². The molecule has 0 unspecified atom stereocenters. The topological polar surface area (TPSA) is 46.6 Å². The maximum Gasteiger partial charge on any atom is 0.331 e. The first-order chi connectivity index (χ1) is 12.7. The fraction of sp³-hybridized carbons (Fsp3) is 0.524. The molecule has 140 valence electrons. The Morgan fingerprint density at radius 3 is 2.62 bits per heavy atom. The summed E-state index contributed by atoms with van der Waals surface area (Å²) in [5, 5.41) is 0. The Balaban J connectivity index is 1.43. The number of piperidine rings is 1. The van der Waals surface area contributed by atoms with Gasteiger partial charge in [0.25, 0.3) is 5.91 Å². The molecular weight excluding hydrogens is 346 g/mol. The van der Waals surface area contributed by atoms with Crippen LogP contribution >= 0.6 is 11.8 Å². The lowest BCUT2D eigenvalue weighted by Gasteiger charge is -2.41. The lowest BCUT2D eigenvalue weighted by Crippen LogP contribution is -2.46. The lowest BCUT2D eigenvalue weighted by molar-refractivity contribution is -0.149. The van der Waals surface area contributed by atoms with Crippen LogP contribution in [0.3, 0.4) is 0 Å². The van der Waals surface area contributed by atoms with Crippen molar-refractivity contribution >= 4 is 29.7 Å². The molecular formula is C21H27NO3S. The van der Waals surface area contributed by atoms with Crippen molar-refractivity contribution in [3.8, 4) is 0 Å². The summed E-state index contributed by atoms with van der Waals surface area (Å²) in [5.41, 5.74) is 0.936. The van der Waals surface area contributed by atoms with Crippen LogP contribution in [0.4, 0.5) is 0 Å². The van der Waals surface area contributed by atoms with E-state index in [4.69, 9.17) is 4.74 Å². The monoisotopic (exact) mass is 373 g/mol. The normalized spacial score (nSPS) is 22.9. The smallest absolute Gasteiger partial charge is 0.331 e. The minimum atomic E-state index is -0.472. The number of esters is 1. The van der Waals surface area contributed by atoms with Crippen molar-refractivity contribution in [1.29, 1.82) is 0 Å². The highest BCUT2D eigenvalue weighted by atomic mass is 32.2. The van der Waals surface area contributed by atoms with Crippen LogP contribution in [0.25, 0.3) is 6.08 Å². The summed E-state index contributed by atoms with van der Waals surface area (Å²) >= 11 is 1.68. The molecule has 0 aromatic heterocycles. The van der Waals surface area contributed by atoms with Gasteiger partial charge < -0.3 is 9.64 Å². The summed E-state index contributed by atoms with van der Waals surface area (Å²) < 4.78 is 5.14. The molecule has 1 aromatic rings. The summed E-state index contributed by atoms with van der Waals surface area (Å²) in [4.78, 5) is 27.3. The van der Waals surface area contributed by atoms with Gasteiger partial charge in [0.15, 0.2) is 6.61 Å². The van der Waals surface area contributed by atoms with Gasteiger partial charge in [-0.2, -0.15) is 0 Å². The van der Waals surface area contributed by atoms with Crippen molar-refractivity contribution in [2.24, 2.45) is 11.8 Å². The minimum absolute atomic E-state index is 0.0694. The Kier molecular flexibility index (Phi) is 6.78. The molecule has 1 heterocycles. The zero-order valence-corrected chi connectivity index (χ0v) is 16.2. The van der Waals surface area contributed by atoms with Gasteiger partial charge in [-0.05, 0) is 54.7 Å². The number of fused-ring (bicyclic) bond motifs is 1. The summed E-state index contributed by atoms with van der Waals surface area (Å²) in [6.45, 7) is 1.47. The van der Waals surface area contributed by atoms with Gasteiger partial charge in [0, 0.05) is 24.1 Å². The Morgan fingerprint density at radius 2 is 1.88 bits per heavy atom. The summed E-state index contributed by atoms with van der Waals surface area (Å²) in [5.74, 6) is 0.886. The summed E-state index contributed by atoms with van der Waals surface area (Å²) in [6.07, 6.45) is 11.4. The maximum absolute atomic E-state index is 12.3. The van der Waals surface area contributed by atoms with Crippen LogP contribution in [0.2, 0.25) is 0 Å². The zero-order valence-electron chi connectivity index (χ0n) is 15.4. The fourth-order valence-electron chi connectivity index (χ4n) is 3.98. The van der Waals surface area contributed by atoms with Crippen LogP contribution in [-0.2, 0) is 14.3 Å². The first-order valence-corrected chi connectivity index (χ1v) is 10.6. The molecule has 2 fully saturated rings. The van der Waals surface area contributed by atoms with Crippen molar-refractivity contribution in [3.63, 3.8) is 0 Å². The summed E-state index contributed by atoms with van der Waals surface area (Å²) in [6, 6.07) is 7.92. The minimum Gasteiger partial charge on any atom is -0.452 e. The summed E-state index contributed by atoms with van der Waals surface area (Å²) in [7, 11) is 0. The van der Waals surface area contributed by atoms with Crippen molar-refractivity contribution in [1.82, 2.24) is 4.90 Å². The Labute approximate surface area is 160 Å². The van der Waals surface area contributed by atoms with E-state index in [-0.39, 0.29) is 12.5 Å². The second-order valence-electron chi connectivity index (χ2n) is 7.15. The van der Waals surface area contributed by atoms with Crippen LogP contribution in [0.5, 0.6) is 0 Å². The van der Waals surface area contributed by atoms with E-state index in [1.807, 2.05) is 35.4 Å². The van der Waals surface area contributed by atoms with Gasteiger partial charge >= 0.3 is 5.97 Å². The fourth-order valence-corrected chi connectivity index (χ4v) is 4.39. The third kappa shape index (κ3) is 5.13. The number of nitrogens with zero attached hydrogens (tertiary/aromatic N) is 1. The highest BCUT2D eigenvalue weighted by molar-refractivity contribution is 7.98. The van der Waals surface area contributed by atoms with Crippen LogP contribution in [-0.4, -0.2) is 42.7 Å². The third-order valence-electron chi connectivity index (χ3n) is 5.51. The van der Waals surface area contributed by atoms with Gasteiger partial charge in [0.1, 0.15) is 0 Å². The number of carbonyl (C=O) groups is 2. The number of amides is 1.